The zero-order valence-electron chi connectivity index (χ0n) is 20.3. The van der Waals surface area contributed by atoms with Gasteiger partial charge in [0.2, 0.25) is 0 Å². The van der Waals surface area contributed by atoms with Gasteiger partial charge in [0.05, 0.1) is 41.9 Å². The average molecular weight is 525 g/mol. The summed E-state index contributed by atoms with van der Waals surface area (Å²) in [6, 6.07) is 16.4. The highest BCUT2D eigenvalue weighted by Gasteiger charge is 2.31. The Morgan fingerprint density at radius 1 is 0.857 bits per heavy atom. The van der Waals surface area contributed by atoms with Crippen molar-refractivity contribution in [2.75, 3.05) is 14.2 Å². The smallest absolute Gasteiger partial charge is 0.125 e. The number of nitrogens with zero attached hydrogens (tertiary/aromatic N) is 2. The van der Waals surface area contributed by atoms with Gasteiger partial charge in [-0.25, -0.2) is 9.97 Å². The van der Waals surface area contributed by atoms with Gasteiger partial charge in [0.1, 0.15) is 27.2 Å². The molecular formula is C27H28N2O3S3. The van der Waals surface area contributed by atoms with Crippen molar-refractivity contribution in [3.8, 4) is 22.1 Å². The van der Waals surface area contributed by atoms with Crippen LogP contribution >= 0.6 is 34.9 Å². The van der Waals surface area contributed by atoms with E-state index in [0.29, 0.717) is 6.61 Å². The van der Waals surface area contributed by atoms with E-state index in [0.717, 1.165) is 55.7 Å². The molecule has 0 saturated carbocycles. The molecule has 0 spiro atoms. The van der Waals surface area contributed by atoms with Crippen LogP contribution in [0.5, 0.6) is 11.5 Å². The van der Waals surface area contributed by atoms with Crippen LogP contribution in [0.15, 0.2) is 58.6 Å². The largest absolute Gasteiger partial charge is 0.497 e. The second kappa shape index (κ2) is 10.4. The second-order valence-electron chi connectivity index (χ2n) is 8.98. The van der Waals surface area contributed by atoms with Gasteiger partial charge in [0.15, 0.2) is 0 Å². The maximum absolute atomic E-state index is 6.08. The molecule has 3 heterocycles. The van der Waals surface area contributed by atoms with Crippen LogP contribution in [0.3, 0.4) is 0 Å². The fourth-order valence-electron chi connectivity index (χ4n) is 3.88. The first kappa shape index (κ1) is 24.4. The quantitative estimate of drug-likeness (QED) is 0.228. The molecule has 5 rings (SSSR count). The van der Waals surface area contributed by atoms with Gasteiger partial charge in [0.25, 0.3) is 0 Å². The van der Waals surface area contributed by atoms with Gasteiger partial charge in [-0.15, -0.1) is 23.1 Å². The van der Waals surface area contributed by atoms with Crippen LogP contribution in [0.4, 0.5) is 0 Å². The van der Waals surface area contributed by atoms with E-state index in [1.54, 1.807) is 49.1 Å². The summed E-state index contributed by atoms with van der Waals surface area (Å²) < 4.78 is 16.7. The van der Waals surface area contributed by atoms with Gasteiger partial charge in [-0.05, 0) is 49.2 Å². The van der Waals surface area contributed by atoms with Crippen LogP contribution < -0.4 is 9.47 Å². The molecule has 0 unspecified atom stereocenters. The van der Waals surface area contributed by atoms with Gasteiger partial charge in [-0.3, -0.25) is 0 Å². The average Bonchev–Trinajstić information content (AvgIpc) is 3.21. The lowest BCUT2D eigenvalue weighted by molar-refractivity contribution is -0.0395. The lowest BCUT2D eigenvalue weighted by Gasteiger charge is -2.31. The van der Waals surface area contributed by atoms with E-state index in [-0.39, 0.29) is 5.60 Å². The molecule has 8 heteroatoms. The molecule has 5 nitrogen and oxygen atoms in total. The molecule has 0 aromatic heterocycles. The molecule has 35 heavy (non-hydrogen) atoms. The molecule has 3 aliphatic rings. The van der Waals surface area contributed by atoms with Crippen molar-refractivity contribution in [1.82, 2.24) is 9.97 Å². The molecule has 2 aromatic carbocycles. The van der Waals surface area contributed by atoms with E-state index in [9.17, 15) is 0 Å². The van der Waals surface area contributed by atoms with Crippen LogP contribution in [0.2, 0.25) is 0 Å². The van der Waals surface area contributed by atoms with E-state index in [4.69, 9.17) is 24.2 Å². The van der Waals surface area contributed by atoms with Crippen molar-refractivity contribution >= 4 is 34.9 Å². The second-order valence-corrected chi connectivity index (χ2v) is 12.0. The highest BCUT2D eigenvalue weighted by molar-refractivity contribution is 7.99. The summed E-state index contributed by atoms with van der Waals surface area (Å²) >= 11 is 5.29. The van der Waals surface area contributed by atoms with Crippen molar-refractivity contribution < 1.29 is 14.2 Å². The Hall–Kier alpha value is -2.26. The maximum atomic E-state index is 6.08. The van der Waals surface area contributed by atoms with Crippen LogP contribution in [0.25, 0.3) is 10.6 Å². The van der Waals surface area contributed by atoms with E-state index < -0.39 is 0 Å². The third kappa shape index (κ3) is 5.61. The molecular weight excluding hydrogens is 497 g/mol. The minimum absolute atomic E-state index is 0.192. The Morgan fingerprint density at radius 3 is 2.00 bits per heavy atom. The zero-order valence-corrected chi connectivity index (χ0v) is 22.7. The molecule has 0 bridgehead atoms. The molecule has 0 saturated heterocycles. The normalized spacial score (nSPS) is 14.6. The molecule has 0 amide bonds. The van der Waals surface area contributed by atoms with Crippen molar-refractivity contribution in [3.05, 3.63) is 70.2 Å². The van der Waals surface area contributed by atoms with Crippen LogP contribution in [0, 0.1) is 0 Å². The van der Waals surface area contributed by atoms with Crippen molar-refractivity contribution in [2.45, 2.75) is 54.0 Å². The number of hydrogen-bond acceptors (Lipinski definition) is 8. The standard InChI is InChI=1S/C27H28N2O3S3/c1-27(2)13-21-22(14-32-27)35-24-23(28-21)25(33-15-17-5-9-19(30-3)10-6-17)29-26(24)34-16-18-7-11-20(31-4)12-8-18/h5-12H,13-16H2,1-4H3. The van der Waals surface area contributed by atoms with Crippen LogP contribution in [0.1, 0.15) is 35.5 Å². The summed E-state index contributed by atoms with van der Waals surface area (Å²) in [7, 11) is 3.38. The SMILES string of the molecule is COc1ccc(CSc2nc(SCc3ccc(OC)cc3)c3sc4c(nc2-3)CC(C)(C)OC4)cc1. The third-order valence-electron chi connectivity index (χ3n) is 5.87. The summed E-state index contributed by atoms with van der Waals surface area (Å²) in [5.74, 6) is 3.41. The number of methoxy groups -OCH3 is 2. The molecule has 182 valence electrons. The van der Waals surface area contributed by atoms with Crippen molar-refractivity contribution in [1.29, 1.82) is 0 Å². The lowest BCUT2D eigenvalue weighted by atomic mass is 9.99. The summed E-state index contributed by atoms with van der Waals surface area (Å²) in [6.45, 7) is 4.87. The molecule has 3 aliphatic heterocycles. The Balaban J connectivity index is 1.43. The molecule has 0 atom stereocenters. The van der Waals surface area contributed by atoms with E-state index >= 15 is 0 Å². The third-order valence-corrected chi connectivity index (χ3v) is 9.27. The number of thioether (sulfide) groups is 2. The minimum Gasteiger partial charge on any atom is -0.497 e. The van der Waals surface area contributed by atoms with Crippen molar-refractivity contribution in [3.63, 3.8) is 0 Å². The van der Waals surface area contributed by atoms with E-state index in [1.165, 1.54) is 16.0 Å². The first-order chi connectivity index (χ1) is 16.9. The molecule has 0 N–H and O–H groups in total. The molecule has 0 radical (unpaired) electrons. The van der Waals surface area contributed by atoms with Gasteiger partial charge in [-0.2, -0.15) is 0 Å². The Morgan fingerprint density at radius 2 is 1.43 bits per heavy atom. The fourth-order valence-corrected chi connectivity index (χ4v) is 7.09. The Labute approximate surface area is 219 Å². The molecule has 0 aliphatic carbocycles. The van der Waals surface area contributed by atoms with Crippen molar-refractivity contribution in [2.24, 2.45) is 0 Å². The van der Waals surface area contributed by atoms with Gasteiger partial charge < -0.3 is 14.2 Å². The number of hydrogen-bond donors (Lipinski definition) is 0. The van der Waals surface area contributed by atoms with Gasteiger partial charge in [0, 0.05) is 17.9 Å². The maximum Gasteiger partial charge on any atom is 0.125 e. The monoisotopic (exact) mass is 524 g/mol. The Bertz CT molecular complexity index is 1270. The number of rotatable bonds is 8. The van der Waals surface area contributed by atoms with Crippen LogP contribution in [-0.2, 0) is 29.3 Å². The number of aromatic nitrogens is 2. The Kier molecular flexibility index (Phi) is 7.25. The molecule has 0 fully saturated rings. The summed E-state index contributed by atoms with van der Waals surface area (Å²) in [4.78, 5) is 12.6. The first-order valence-electron chi connectivity index (χ1n) is 11.4. The van der Waals surface area contributed by atoms with Gasteiger partial charge in [-0.1, -0.05) is 36.0 Å². The zero-order chi connectivity index (χ0) is 24.4. The summed E-state index contributed by atoms with van der Waals surface area (Å²) in [5.41, 5.74) is 4.44. The predicted molar refractivity (Wildman–Crippen MR) is 144 cm³/mol. The fraction of sp³-hybridized carbons (Fsp3) is 0.333. The number of fused-ring (bicyclic) bond motifs is 2. The van der Waals surface area contributed by atoms with E-state index in [1.807, 2.05) is 24.3 Å². The predicted octanol–water partition coefficient (Wildman–Crippen LogP) is 7.10. The summed E-state index contributed by atoms with van der Waals surface area (Å²) in [6.07, 6.45) is 0.816. The van der Waals surface area contributed by atoms with Crippen LogP contribution in [-0.4, -0.2) is 29.8 Å². The van der Waals surface area contributed by atoms with Gasteiger partial charge >= 0.3 is 0 Å². The first-order valence-corrected chi connectivity index (χ1v) is 14.2. The summed E-state index contributed by atoms with van der Waals surface area (Å²) in [5, 5.41) is 2.04. The lowest BCUT2D eigenvalue weighted by Crippen LogP contribution is -2.32. The van der Waals surface area contributed by atoms with E-state index in [2.05, 4.69) is 38.1 Å². The highest BCUT2D eigenvalue weighted by atomic mass is 32.2. The number of ether oxygens (including phenoxy) is 3. The minimum atomic E-state index is -0.192. The topological polar surface area (TPSA) is 53.5 Å². The molecule has 2 aromatic rings. The number of benzene rings is 2. The highest BCUT2D eigenvalue weighted by Crippen LogP contribution is 2.46.